The highest BCUT2D eigenvalue weighted by Crippen LogP contribution is 2.25. The van der Waals surface area contributed by atoms with Gasteiger partial charge in [0, 0.05) is 4.90 Å². The van der Waals surface area contributed by atoms with Gasteiger partial charge in [-0.3, -0.25) is 0 Å². The Hall–Kier alpha value is -2.08. The Morgan fingerprint density at radius 1 is 0.808 bits per heavy atom. The molecule has 0 bridgehead atoms. The lowest BCUT2D eigenvalue weighted by molar-refractivity contribution is 0.572. The summed E-state index contributed by atoms with van der Waals surface area (Å²) >= 11 is 1.58. The quantitative estimate of drug-likeness (QED) is 0.623. The summed E-state index contributed by atoms with van der Waals surface area (Å²) in [6, 6.07) is 24.0. The molecule has 0 aliphatic carbocycles. The molecule has 5 heteroatoms. The summed E-state index contributed by atoms with van der Waals surface area (Å²) in [4.78, 5) is 1.30. The van der Waals surface area contributed by atoms with E-state index in [-0.39, 0.29) is 4.90 Å². The van der Waals surface area contributed by atoms with Crippen LogP contribution in [0.1, 0.15) is 22.7 Å². The molecule has 0 aromatic heterocycles. The van der Waals surface area contributed by atoms with Gasteiger partial charge in [0.05, 0.1) is 10.9 Å². The van der Waals surface area contributed by atoms with Gasteiger partial charge in [0.2, 0.25) is 10.0 Å². The SMILES string of the molecule is CSc1ccc(S(=O)(=O)N[C@H](c2ccccc2)c2ccc(C)cc2)cc1. The maximum Gasteiger partial charge on any atom is 0.241 e. The number of nitrogens with one attached hydrogen (secondary N) is 1. The predicted octanol–water partition coefficient (Wildman–Crippen LogP) is 4.78. The Bertz CT molecular complexity index is 951. The van der Waals surface area contributed by atoms with Gasteiger partial charge in [-0.25, -0.2) is 8.42 Å². The second-order valence-corrected chi connectivity index (χ2v) is 8.64. The van der Waals surface area contributed by atoms with Crippen molar-refractivity contribution < 1.29 is 8.42 Å². The number of thioether (sulfide) groups is 1. The van der Waals surface area contributed by atoms with Crippen molar-refractivity contribution in [1.29, 1.82) is 0 Å². The average Bonchev–Trinajstić information content (AvgIpc) is 2.68. The second-order valence-electron chi connectivity index (χ2n) is 6.05. The van der Waals surface area contributed by atoms with Gasteiger partial charge in [0.1, 0.15) is 0 Å². The Labute approximate surface area is 159 Å². The third-order valence-corrected chi connectivity index (χ3v) is 6.37. The Kier molecular flexibility index (Phi) is 5.81. The summed E-state index contributed by atoms with van der Waals surface area (Å²) in [7, 11) is -3.65. The van der Waals surface area contributed by atoms with Gasteiger partial charge in [-0.1, -0.05) is 60.2 Å². The zero-order valence-corrected chi connectivity index (χ0v) is 16.3. The molecule has 1 N–H and O–H groups in total. The molecule has 134 valence electrons. The fraction of sp³-hybridized carbons (Fsp3) is 0.143. The van der Waals surface area contributed by atoms with Gasteiger partial charge in [0.25, 0.3) is 0 Å². The number of hydrogen-bond donors (Lipinski definition) is 1. The van der Waals surface area contributed by atoms with Gasteiger partial charge in [-0.15, -0.1) is 11.8 Å². The summed E-state index contributed by atoms with van der Waals surface area (Å²) in [6.45, 7) is 2.01. The van der Waals surface area contributed by atoms with Crippen molar-refractivity contribution in [2.45, 2.75) is 22.8 Å². The lowest BCUT2D eigenvalue weighted by Crippen LogP contribution is -2.29. The van der Waals surface area contributed by atoms with Gasteiger partial charge in [-0.2, -0.15) is 4.72 Å². The highest BCUT2D eigenvalue weighted by molar-refractivity contribution is 7.98. The summed E-state index contributed by atoms with van der Waals surface area (Å²) in [6.07, 6.45) is 1.96. The van der Waals surface area contributed by atoms with Crippen molar-refractivity contribution in [2.75, 3.05) is 6.26 Å². The minimum Gasteiger partial charge on any atom is -0.207 e. The van der Waals surface area contributed by atoms with Crippen molar-refractivity contribution in [2.24, 2.45) is 0 Å². The molecule has 3 aromatic rings. The van der Waals surface area contributed by atoms with Gasteiger partial charge >= 0.3 is 0 Å². The molecule has 0 unspecified atom stereocenters. The fourth-order valence-electron chi connectivity index (χ4n) is 2.71. The maximum atomic E-state index is 12.9. The van der Waals surface area contributed by atoms with Crippen LogP contribution in [0.4, 0.5) is 0 Å². The van der Waals surface area contributed by atoms with Crippen LogP contribution in [-0.4, -0.2) is 14.7 Å². The number of hydrogen-bond acceptors (Lipinski definition) is 3. The molecule has 0 aliphatic rings. The molecule has 3 aromatic carbocycles. The summed E-state index contributed by atoms with van der Waals surface area (Å²) in [5.41, 5.74) is 2.95. The van der Waals surface area contributed by atoms with E-state index in [4.69, 9.17) is 0 Å². The van der Waals surface area contributed by atoms with Gasteiger partial charge in [-0.05, 0) is 48.6 Å². The van der Waals surface area contributed by atoms with E-state index in [2.05, 4.69) is 4.72 Å². The molecule has 0 amide bonds. The van der Waals surface area contributed by atoms with E-state index in [0.29, 0.717) is 0 Å². The third-order valence-electron chi connectivity index (χ3n) is 4.19. The normalized spacial score (nSPS) is 12.7. The van der Waals surface area contributed by atoms with Gasteiger partial charge in [0.15, 0.2) is 0 Å². The van der Waals surface area contributed by atoms with Crippen LogP contribution < -0.4 is 4.72 Å². The summed E-state index contributed by atoms with van der Waals surface area (Å²) in [5.74, 6) is 0. The molecule has 0 aliphatic heterocycles. The predicted molar refractivity (Wildman–Crippen MR) is 108 cm³/mol. The van der Waals surface area contributed by atoms with Crippen LogP contribution >= 0.6 is 11.8 Å². The van der Waals surface area contributed by atoms with E-state index < -0.39 is 16.1 Å². The molecule has 0 spiro atoms. The van der Waals surface area contributed by atoms with Crippen LogP contribution in [0.5, 0.6) is 0 Å². The molecule has 26 heavy (non-hydrogen) atoms. The molecule has 1 atom stereocenters. The minimum absolute atomic E-state index is 0.267. The molecular formula is C21H21NO2S2. The van der Waals surface area contributed by atoms with Crippen molar-refractivity contribution in [3.63, 3.8) is 0 Å². The zero-order valence-electron chi connectivity index (χ0n) is 14.7. The smallest absolute Gasteiger partial charge is 0.207 e. The highest BCUT2D eigenvalue weighted by atomic mass is 32.2. The first-order valence-electron chi connectivity index (χ1n) is 8.27. The molecule has 0 radical (unpaired) electrons. The minimum atomic E-state index is -3.65. The summed E-state index contributed by atoms with van der Waals surface area (Å²) in [5, 5.41) is 0. The van der Waals surface area contributed by atoms with Crippen LogP contribution in [0.15, 0.2) is 88.7 Å². The highest BCUT2D eigenvalue weighted by Gasteiger charge is 2.22. The largest absolute Gasteiger partial charge is 0.241 e. The Morgan fingerprint density at radius 3 is 1.96 bits per heavy atom. The standard InChI is InChI=1S/C21H21NO2S2/c1-16-8-10-18(11-9-16)21(17-6-4-3-5-7-17)22-26(23,24)20-14-12-19(25-2)13-15-20/h3-15,21-22H,1-2H3/t21-/m1/s1. The second kappa shape index (κ2) is 8.08. The van der Waals surface area contributed by atoms with E-state index >= 15 is 0 Å². The molecule has 3 nitrogen and oxygen atoms in total. The third kappa shape index (κ3) is 4.36. The molecular weight excluding hydrogens is 362 g/mol. The van der Waals surface area contributed by atoms with E-state index in [0.717, 1.165) is 21.6 Å². The van der Waals surface area contributed by atoms with Crippen LogP contribution in [0, 0.1) is 6.92 Å². The van der Waals surface area contributed by atoms with E-state index in [1.165, 1.54) is 0 Å². The molecule has 3 rings (SSSR count). The van der Waals surface area contributed by atoms with E-state index in [9.17, 15) is 8.42 Å². The monoisotopic (exact) mass is 383 g/mol. The first-order chi connectivity index (χ1) is 12.5. The lowest BCUT2D eigenvalue weighted by atomic mass is 9.99. The maximum absolute atomic E-state index is 12.9. The first kappa shape index (κ1) is 18.7. The van der Waals surface area contributed by atoms with Crippen molar-refractivity contribution in [3.8, 4) is 0 Å². The lowest BCUT2D eigenvalue weighted by Gasteiger charge is -2.20. The van der Waals surface area contributed by atoms with Crippen LogP contribution in [0.25, 0.3) is 0 Å². The molecule has 0 heterocycles. The number of rotatable bonds is 6. The van der Waals surface area contributed by atoms with E-state index in [1.807, 2.05) is 79.9 Å². The first-order valence-corrected chi connectivity index (χ1v) is 11.0. The molecule has 0 fully saturated rings. The number of aryl methyl sites for hydroxylation is 1. The molecule has 0 saturated heterocycles. The average molecular weight is 384 g/mol. The van der Waals surface area contributed by atoms with Crippen LogP contribution in [0.2, 0.25) is 0 Å². The van der Waals surface area contributed by atoms with Crippen molar-refractivity contribution in [3.05, 3.63) is 95.6 Å². The van der Waals surface area contributed by atoms with Crippen LogP contribution in [-0.2, 0) is 10.0 Å². The van der Waals surface area contributed by atoms with Gasteiger partial charge < -0.3 is 0 Å². The van der Waals surface area contributed by atoms with Crippen LogP contribution in [0.3, 0.4) is 0 Å². The summed E-state index contributed by atoms with van der Waals surface area (Å²) < 4.78 is 28.7. The number of sulfonamides is 1. The molecule has 0 saturated carbocycles. The fourth-order valence-corrected chi connectivity index (χ4v) is 4.33. The Balaban J connectivity index is 1.98. The zero-order chi connectivity index (χ0) is 18.6. The number of benzene rings is 3. The van der Waals surface area contributed by atoms with E-state index in [1.54, 1.807) is 23.9 Å². The topological polar surface area (TPSA) is 46.2 Å². The van der Waals surface area contributed by atoms with Crippen molar-refractivity contribution in [1.82, 2.24) is 4.72 Å². The van der Waals surface area contributed by atoms with Crippen molar-refractivity contribution >= 4 is 21.8 Å². The Morgan fingerprint density at radius 2 is 1.38 bits per heavy atom.